The molecule has 1 saturated heterocycles. The lowest BCUT2D eigenvalue weighted by Crippen LogP contribution is -2.47. The van der Waals surface area contributed by atoms with Gasteiger partial charge in [0.15, 0.2) is 0 Å². The van der Waals surface area contributed by atoms with Crippen LogP contribution in [0, 0.1) is 5.92 Å². The summed E-state index contributed by atoms with van der Waals surface area (Å²) in [6.45, 7) is 6.87. The van der Waals surface area contributed by atoms with Crippen molar-refractivity contribution >= 4 is 0 Å². The summed E-state index contributed by atoms with van der Waals surface area (Å²) in [6, 6.07) is 1.11. The quantitative estimate of drug-likeness (QED) is 0.779. The topological polar surface area (TPSA) is 30.5 Å². The number of nitrogens with one attached hydrogen (secondary N) is 1. The lowest BCUT2D eigenvalue weighted by Gasteiger charge is -2.35. The molecule has 4 atom stereocenters. The van der Waals surface area contributed by atoms with Crippen LogP contribution in [0.25, 0.3) is 0 Å². The van der Waals surface area contributed by atoms with Crippen molar-refractivity contribution in [1.29, 1.82) is 0 Å². The Bertz CT molecular complexity index is 210. The summed E-state index contributed by atoms with van der Waals surface area (Å²) in [6.07, 6.45) is 5.65. The molecule has 2 rings (SSSR count). The molecule has 3 nitrogen and oxygen atoms in total. The third-order valence-electron chi connectivity index (χ3n) is 3.85. The van der Waals surface area contributed by atoms with E-state index in [0.717, 1.165) is 25.7 Å². The molecule has 16 heavy (non-hydrogen) atoms. The Labute approximate surface area is 98.9 Å². The SMILES string of the molecule is CCOCC(C)NC1CCCC2OCCC12. The first-order valence-electron chi connectivity index (χ1n) is 6.76. The lowest BCUT2D eigenvalue weighted by molar-refractivity contribution is 0.0466. The summed E-state index contributed by atoms with van der Waals surface area (Å²) in [5.41, 5.74) is 0. The monoisotopic (exact) mass is 227 g/mol. The van der Waals surface area contributed by atoms with E-state index in [9.17, 15) is 0 Å². The van der Waals surface area contributed by atoms with Gasteiger partial charge < -0.3 is 14.8 Å². The van der Waals surface area contributed by atoms with Gasteiger partial charge in [0.25, 0.3) is 0 Å². The first-order valence-corrected chi connectivity index (χ1v) is 6.76. The zero-order chi connectivity index (χ0) is 11.4. The van der Waals surface area contributed by atoms with E-state index in [1.165, 1.54) is 25.7 Å². The van der Waals surface area contributed by atoms with Crippen LogP contribution in [-0.4, -0.2) is 38.0 Å². The Morgan fingerprint density at radius 3 is 3.06 bits per heavy atom. The molecule has 2 fully saturated rings. The standard InChI is InChI=1S/C13H25NO2/c1-3-15-9-10(2)14-12-5-4-6-13-11(12)7-8-16-13/h10-14H,3-9H2,1-2H3. The van der Waals surface area contributed by atoms with E-state index < -0.39 is 0 Å². The molecule has 0 aromatic heterocycles. The fourth-order valence-corrected chi connectivity index (χ4v) is 3.09. The van der Waals surface area contributed by atoms with E-state index in [4.69, 9.17) is 9.47 Å². The molecule has 1 aliphatic heterocycles. The van der Waals surface area contributed by atoms with Crippen molar-refractivity contribution in [1.82, 2.24) is 5.32 Å². The molecule has 1 aliphatic carbocycles. The summed E-state index contributed by atoms with van der Waals surface area (Å²) in [5, 5.41) is 3.72. The second-order valence-corrected chi connectivity index (χ2v) is 5.13. The van der Waals surface area contributed by atoms with E-state index in [1.807, 2.05) is 6.92 Å². The number of hydrogen-bond acceptors (Lipinski definition) is 3. The lowest BCUT2D eigenvalue weighted by atomic mass is 9.81. The fraction of sp³-hybridized carbons (Fsp3) is 1.00. The van der Waals surface area contributed by atoms with Gasteiger partial charge in [-0.15, -0.1) is 0 Å². The van der Waals surface area contributed by atoms with Gasteiger partial charge in [-0.25, -0.2) is 0 Å². The largest absolute Gasteiger partial charge is 0.380 e. The maximum atomic E-state index is 5.78. The van der Waals surface area contributed by atoms with Crippen LogP contribution < -0.4 is 5.32 Å². The van der Waals surface area contributed by atoms with Gasteiger partial charge in [0.2, 0.25) is 0 Å². The molecule has 0 amide bonds. The molecular weight excluding hydrogens is 202 g/mol. The third kappa shape index (κ3) is 2.96. The Hall–Kier alpha value is -0.120. The highest BCUT2D eigenvalue weighted by Gasteiger charge is 2.37. The predicted octanol–water partition coefficient (Wildman–Crippen LogP) is 1.96. The summed E-state index contributed by atoms with van der Waals surface area (Å²) >= 11 is 0. The maximum Gasteiger partial charge on any atom is 0.0619 e. The van der Waals surface area contributed by atoms with E-state index in [1.54, 1.807) is 0 Å². The highest BCUT2D eigenvalue weighted by Crippen LogP contribution is 2.34. The van der Waals surface area contributed by atoms with Crippen LogP contribution >= 0.6 is 0 Å². The van der Waals surface area contributed by atoms with Crippen molar-refractivity contribution in [3.8, 4) is 0 Å². The van der Waals surface area contributed by atoms with Crippen LogP contribution in [0.15, 0.2) is 0 Å². The van der Waals surface area contributed by atoms with Crippen LogP contribution in [0.4, 0.5) is 0 Å². The Kier molecular flexibility index (Phi) is 4.62. The number of ether oxygens (including phenoxy) is 2. The van der Waals surface area contributed by atoms with E-state index in [2.05, 4.69) is 12.2 Å². The average molecular weight is 227 g/mol. The summed E-state index contributed by atoms with van der Waals surface area (Å²) < 4.78 is 11.2. The Morgan fingerprint density at radius 2 is 2.25 bits per heavy atom. The van der Waals surface area contributed by atoms with Gasteiger partial charge in [-0.2, -0.15) is 0 Å². The predicted molar refractivity (Wildman–Crippen MR) is 64.6 cm³/mol. The number of fused-ring (bicyclic) bond motifs is 1. The van der Waals surface area contributed by atoms with E-state index in [-0.39, 0.29) is 0 Å². The first-order chi connectivity index (χ1) is 7.81. The molecule has 0 radical (unpaired) electrons. The van der Waals surface area contributed by atoms with Crippen molar-refractivity contribution in [2.75, 3.05) is 19.8 Å². The third-order valence-corrected chi connectivity index (χ3v) is 3.85. The van der Waals surface area contributed by atoms with Crippen LogP contribution in [0.1, 0.15) is 39.5 Å². The Morgan fingerprint density at radius 1 is 1.38 bits per heavy atom. The van der Waals surface area contributed by atoms with Gasteiger partial charge in [0.05, 0.1) is 12.7 Å². The van der Waals surface area contributed by atoms with Gasteiger partial charge in [0.1, 0.15) is 0 Å². The van der Waals surface area contributed by atoms with Crippen molar-refractivity contribution < 1.29 is 9.47 Å². The molecule has 1 heterocycles. The maximum absolute atomic E-state index is 5.78. The normalized spacial score (nSPS) is 36.0. The minimum Gasteiger partial charge on any atom is -0.380 e. The summed E-state index contributed by atoms with van der Waals surface area (Å²) in [5.74, 6) is 0.748. The zero-order valence-corrected chi connectivity index (χ0v) is 10.6. The number of hydrogen-bond donors (Lipinski definition) is 1. The van der Waals surface area contributed by atoms with E-state index >= 15 is 0 Å². The molecule has 94 valence electrons. The first kappa shape index (κ1) is 12.3. The highest BCUT2D eigenvalue weighted by molar-refractivity contribution is 4.91. The molecule has 4 unspecified atom stereocenters. The molecule has 0 aromatic rings. The van der Waals surface area contributed by atoms with Gasteiger partial charge >= 0.3 is 0 Å². The van der Waals surface area contributed by atoms with Crippen molar-refractivity contribution in [3.05, 3.63) is 0 Å². The molecular formula is C13H25NO2. The van der Waals surface area contributed by atoms with Crippen molar-refractivity contribution in [2.24, 2.45) is 5.92 Å². The smallest absolute Gasteiger partial charge is 0.0619 e. The summed E-state index contributed by atoms with van der Waals surface area (Å²) in [7, 11) is 0. The van der Waals surface area contributed by atoms with Crippen LogP contribution in [-0.2, 0) is 9.47 Å². The molecule has 1 N–H and O–H groups in total. The van der Waals surface area contributed by atoms with Crippen molar-refractivity contribution in [3.63, 3.8) is 0 Å². The van der Waals surface area contributed by atoms with Crippen LogP contribution in [0.2, 0.25) is 0 Å². The second kappa shape index (κ2) is 5.99. The van der Waals surface area contributed by atoms with Gasteiger partial charge in [-0.05, 0) is 39.5 Å². The second-order valence-electron chi connectivity index (χ2n) is 5.13. The molecule has 0 aromatic carbocycles. The average Bonchev–Trinajstić information content (AvgIpc) is 2.75. The molecule has 3 heteroatoms. The van der Waals surface area contributed by atoms with Crippen molar-refractivity contribution in [2.45, 2.75) is 57.7 Å². The molecule has 0 spiro atoms. The zero-order valence-electron chi connectivity index (χ0n) is 10.6. The highest BCUT2D eigenvalue weighted by atomic mass is 16.5. The number of rotatable bonds is 5. The van der Waals surface area contributed by atoms with Gasteiger partial charge in [0, 0.05) is 31.2 Å². The summed E-state index contributed by atoms with van der Waals surface area (Å²) in [4.78, 5) is 0. The fourth-order valence-electron chi connectivity index (χ4n) is 3.09. The van der Waals surface area contributed by atoms with Gasteiger partial charge in [-0.3, -0.25) is 0 Å². The van der Waals surface area contributed by atoms with Gasteiger partial charge in [-0.1, -0.05) is 0 Å². The molecule has 1 saturated carbocycles. The van der Waals surface area contributed by atoms with Crippen LogP contribution in [0.3, 0.4) is 0 Å². The molecule has 2 aliphatic rings. The minimum absolute atomic E-state index is 0.462. The minimum atomic E-state index is 0.462. The molecule has 0 bridgehead atoms. The van der Waals surface area contributed by atoms with Crippen LogP contribution in [0.5, 0.6) is 0 Å². The van der Waals surface area contributed by atoms with E-state index in [0.29, 0.717) is 18.2 Å². The Balaban J connectivity index is 1.79.